The summed E-state index contributed by atoms with van der Waals surface area (Å²) < 4.78 is 1.95. The molecule has 1 aliphatic rings. The minimum absolute atomic E-state index is 0.433. The Morgan fingerprint density at radius 3 is 3.08 bits per heavy atom. The van der Waals surface area contributed by atoms with Crippen LogP contribution >= 0.6 is 0 Å². The van der Waals surface area contributed by atoms with Gasteiger partial charge in [-0.15, -0.1) is 0 Å². The van der Waals surface area contributed by atoms with Crippen LogP contribution < -0.4 is 0 Å². The van der Waals surface area contributed by atoms with Crippen LogP contribution in [0.4, 0.5) is 0 Å². The van der Waals surface area contributed by atoms with Crippen molar-refractivity contribution in [1.82, 2.24) is 14.8 Å². The zero-order chi connectivity index (χ0) is 8.93. The number of hydrogen-bond donors (Lipinski definition) is 0. The number of rotatable bonds is 1. The van der Waals surface area contributed by atoms with Gasteiger partial charge >= 0.3 is 0 Å². The van der Waals surface area contributed by atoms with Gasteiger partial charge in [0.25, 0.3) is 0 Å². The van der Waals surface area contributed by atoms with Crippen LogP contribution in [-0.2, 0) is 0 Å². The fraction of sp³-hybridized carbons (Fsp3) is 0.600. The first-order chi connectivity index (χ1) is 6.47. The third kappa shape index (κ3) is 2.17. The zero-order valence-corrected chi connectivity index (χ0v) is 7.76. The van der Waals surface area contributed by atoms with Gasteiger partial charge in [0.15, 0.2) is 0 Å². The molecule has 1 heterocycles. The Labute approximate surface area is 78.5 Å². The van der Waals surface area contributed by atoms with Crippen LogP contribution in [0.2, 0.25) is 0 Å². The van der Waals surface area contributed by atoms with E-state index in [2.05, 4.69) is 22.2 Å². The van der Waals surface area contributed by atoms with E-state index in [0.29, 0.717) is 6.04 Å². The van der Waals surface area contributed by atoms with E-state index >= 15 is 0 Å². The molecular formula is C10H15N3. The maximum Gasteiger partial charge on any atom is 0.137 e. The molecule has 0 amide bonds. The summed E-state index contributed by atoms with van der Waals surface area (Å²) in [4.78, 5) is 3.97. The van der Waals surface area contributed by atoms with Gasteiger partial charge in [0.2, 0.25) is 0 Å². The Bertz CT molecular complexity index is 264. The minimum Gasteiger partial charge on any atom is -0.246 e. The third-order valence-corrected chi connectivity index (χ3v) is 2.51. The normalized spacial score (nSPS) is 26.3. The molecule has 3 nitrogen and oxygen atoms in total. The SMILES string of the molecule is C1=C\C(n2cncn2)CCCCC/1. The van der Waals surface area contributed by atoms with Gasteiger partial charge in [0, 0.05) is 0 Å². The Morgan fingerprint density at radius 1 is 1.23 bits per heavy atom. The van der Waals surface area contributed by atoms with E-state index in [9.17, 15) is 0 Å². The number of aromatic nitrogens is 3. The Kier molecular flexibility index (Phi) is 2.75. The first-order valence-electron chi connectivity index (χ1n) is 4.97. The molecule has 0 spiro atoms. The Morgan fingerprint density at radius 2 is 2.23 bits per heavy atom. The number of allylic oxidation sites excluding steroid dienone is 2. The maximum absolute atomic E-state index is 4.17. The summed E-state index contributed by atoms with van der Waals surface area (Å²) in [6, 6.07) is 0.433. The molecule has 0 saturated carbocycles. The average Bonchev–Trinajstić information content (AvgIpc) is 2.55. The summed E-state index contributed by atoms with van der Waals surface area (Å²) in [6.45, 7) is 0. The molecule has 70 valence electrons. The van der Waals surface area contributed by atoms with E-state index in [-0.39, 0.29) is 0 Å². The average molecular weight is 177 g/mol. The predicted octanol–water partition coefficient (Wildman–Crippen LogP) is 2.34. The van der Waals surface area contributed by atoms with Crippen molar-refractivity contribution in [2.75, 3.05) is 0 Å². The molecule has 1 aromatic heterocycles. The molecule has 0 aliphatic heterocycles. The standard InChI is InChI=1S/C10H15N3/c1-2-4-6-10(7-5-3-1)13-9-11-8-12-13/h4,6,8-10H,1-3,5,7H2/b6-4-. The van der Waals surface area contributed by atoms with Gasteiger partial charge in [0.05, 0.1) is 6.04 Å². The molecular weight excluding hydrogens is 162 g/mol. The molecule has 3 heteroatoms. The van der Waals surface area contributed by atoms with Crippen molar-refractivity contribution in [2.45, 2.75) is 38.1 Å². The van der Waals surface area contributed by atoms with Gasteiger partial charge in [-0.3, -0.25) is 0 Å². The quantitative estimate of drug-likeness (QED) is 0.616. The van der Waals surface area contributed by atoms with E-state index < -0.39 is 0 Å². The smallest absolute Gasteiger partial charge is 0.137 e. The van der Waals surface area contributed by atoms with Crippen LogP contribution in [0.5, 0.6) is 0 Å². The van der Waals surface area contributed by atoms with E-state index in [1.165, 1.54) is 32.1 Å². The topological polar surface area (TPSA) is 30.7 Å². The molecule has 0 fully saturated rings. The minimum atomic E-state index is 0.433. The first kappa shape index (κ1) is 8.48. The van der Waals surface area contributed by atoms with Gasteiger partial charge < -0.3 is 0 Å². The number of nitrogens with zero attached hydrogens (tertiary/aromatic N) is 3. The summed E-state index contributed by atoms with van der Waals surface area (Å²) in [6.07, 6.45) is 14.3. The molecule has 0 N–H and O–H groups in total. The van der Waals surface area contributed by atoms with E-state index in [0.717, 1.165) is 0 Å². The molecule has 13 heavy (non-hydrogen) atoms. The van der Waals surface area contributed by atoms with Crippen molar-refractivity contribution in [3.63, 3.8) is 0 Å². The van der Waals surface area contributed by atoms with Gasteiger partial charge in [-0.25, -0.2) is 9.67 Å². The van der Waals surface area contributed by atoms with Crippen molar-refractivity contribution >= 4 is 0 Å². The first-order valence-corrected chi connectivity index (χ1v) is 4.97. The molecule has 0 aromatic carbocycles. The van der Waals surface area contributed by atoms with Crippen molar-refractivity contribution in [2.24, 2.45) is 0 Å². The summed E-state index contributed by atoms with van der Waals surface area (Å²) in [5.74, 6) is 0. The van der Waals surface area contributed by atoms with Gasteiger partial charge in [-0.1, -0.05) is 25.0 Å². The van der Waals surface area contributed by atoms with Crippen LogP contribution in [0.15, 0.2) is 24.8 Å². The molecule has 1 atom stereocenters. The molecule has 1 unspecified atom stereocenters. The van der Waals surface area contributed by atoms with Crippen LogP contribution in [0, 0.1) is 0 Å². The molecule has 1 aromatic rings. The van der Waals surface area contributed by atoms with E-state index in [1.807, 2.05) is 4.68 Å². The lowest BCUT2D eigenvalue weighted by Crippen LogP contribution is -2.08. The monoisotopic (exact) mass is 177 g/mol. The van der Waals surface area contributed by atoms with Crippen LogP contribution in [-0.4, -0.2) is 14.8 Å². The van der Waals surface area contributed by atoms with Crippen molar-refractivity contribution in [3.05, 3.63) is 24.8 Å². The molecule has 2 rings (SSSR count). The highest BCUT2D eigenvalue weighted by Crippen LogP contribution is 2.19. The molecule has 0 saturated heterocycles. The van der Waals surface area contributed by atoms with Crippen LogP contribution in [0.25, 0.3) is 0 Å². The van der Waals surface area contributed by atoms with Crippen molar-refractivity contribution in [3.8, 4) is 0 Å². The Hall–Kier alpha value is -1.12. The highest BCUT2D eigenvalue weighted by molar-refractivity contribution is 4.93. The number of hydrogen-bond acceptors (Lipinski definition) is 2. The highest BCUT2D eigenvalue weighted by atomic mass is 15.3. The van der Waals surface area contributed by atoms with Gasteiger partial charge in [-0.05, 0) is 19.3 Å². The summed E-state index contributed by atoms with van der Waals surface area (Å²) in [5.41, 5.74) is 0. The third-order valence-electron chi connectivity index (χ3n) is 2.51. The fourth-order valence-electron chi connectivity index (χ4n) is 1.75. The maximum atomic E-state index is 4.17. The van der Waals surface area contributed by atoms with Gasteiger partial charge in [-0.2, -0.15) is 5.10 Å². The lowest BCUT2D eigenvalue weighted by atomic mass is 10.0. The second-order valence-electron chi connectivity index (χ2n) is 3.51. The molecule has 1 aliphatic carbocycles. The van der Waals surface area contributed by atoms with Crippen molar-refractivity contribution in [1.29, 1.82) is 0 Å². The summed E-state index contributed by atoms with van der Waals surface area (Å²) in [7, 11) is 0. The van der Waals surface area contributed by atoms with E-state index in [1.54, 1.807) is 12.7 Å². The summed E-state index contributed by atoms with van der Waals surface area (Å²) >= 11 is 0. The molecule has 0 bridgehead atoms. The fourth-order valence-corrected chi connectivity index (χ4v) is 1.75. The highest BCUT2D eigenvalue weighted by Gasteiger charge is 2.08. The predicted molar refractivity (Wildman–Crippen MR) is 51.3 cm³/mol. The lowest BCUT2D eigenvalue weighted by Gasteiger charge is -2.14. The van der Waals surface area contributed by atoms with Crippen LogP contribution in [0.3, 0.4) is 0 Å². The second kappa shape index (κ2) is 4.21. The zero-order valence-electron chi connectivity index (χ0n) is 7.76. The van der Waals surface area contributed by atoms with E-state index in [4.69, 9.17) is 0 Å². The largest absolute Gasteiger partial charge is 0.246 e. The Balaban J connectivity index is 2.08. The van der Waals surface area contributed by atoms with Crippen molar-refractivity contribution < 1.29 is 0 Å². The molecule has 0 radical (unpaired) electrons. The lowest BCUT2D eigenvalue weighted by molar-refractivity contribution is 0.465. The van der Waals surface area contributed by atoms with Gasteiger partial charge in [0.1, 0.15) is 12.7 Å². The summed E-state index contributed by atoms with van der Waals surface area (Å²) in [5, 5.41) is 4.17. The second-order valence-corrected chi connectivity index (χ2v) is 3.51. The van der Waals surface area contributed by atoms with Crippen LogP contribution in [0.1, 0.15) is 38.1 Å².